The molecule has 0 spiro atoms. The molecule has 2 aromatic carbocycles. The van der Waals surface area contributed by atoms with Crippen molar-refractivity contribution in [1.29, 1.82) is 0 Å². The van der Waals surface area contributed by atoms with Gasteiger partial charge in [-0.25, -0.2) is 9.78 Å². The SMILES string of the molecule is CCOC(=O)c1sc(N(Cc2ccccc2)C(=O)CCCNC(=O)c2ccc(OC)cc2)nc1C. The maximum absolute atomic E-state index is 13.2. The highest BCUT2D eigenvalue weighted by atomic mass is 32.1. The van der Waals surface area contributed by atoms with E-state index in [1.165, 1.54) is 0 Å². The first kappa shape index (κ1) is 25.9. The average molecular weight is 496 g/mol. The number of nitrogens with zero attached hydrogens (tertiary/aromatic N) is 2. The first-order chi connectivity index (χ1) is 16.9. The van der Waals surface area contributed by atoms with Crippen LogP contribution in [0, 0.1) is 6.92 Å². The van der Waals surface area contributed by atoms with Crippen LogP contribution in [0.3, 0.4) is 0 Å². The van der Waals surface area contributed by atoms with Crippen LogP contribution in [0.1, 0.15) is 51.1 Å². The highest BCUT2D eigenvalue weighted by Gasteiger charge is 2.24. The van der Waals surface area contributed by atoms with Gasteiger partial charge in [-0.1, -0.05) is 41.7 Å². The Hall–Kier alpha value is -3.72. The zero-order valence-electron chi connectivity index (χ0n) is 20.1. The molecule has 35 heavy (non-hydrogen) atoms. The number of rotatable bonds is 11. The summed E-state index contributed by atoms with van der Waals surface area (Å²) >= 11 is 1.15. The lowest BCUT2D eigenvalue weighted by atomic mass is 10.2. The van der Waals surface area contributed by atoms with Gasteiger partial charge in [0, 0.05) is 18.5 Å². The van der Waals surface area contributed by atoms with Crippen molar-refractivity contribution in [3.8, 4) is 5.75 Å². The maximum Gasteiger partial charge on any atom is 0.350 e. The van der Waals surface area contributed by atoms with Gasteiger partial charge in [0.05, 0.1) is 26.0 Å². The quantitative estimate of drug-likeness (QED) is 0.313. The van der Waals surface area contributed by atoms with E-state index in [-0.39, 0.29) is 24.8 Å². The van der Waals surface area contributed by atoms with E-state index >= 15 is 0 Å². The third-order valence-corrected chi connectivity index (χ3v) is 6.33. The number of benzene rings is 2. The number of aryl methyl sites for hydroxylation is 1. The van der Waals surface area contributed by atoms with Crippen LogP contribution >= 0.6 is 11.3 Å². The van der Waals surface area contributed by atoms with E-state index in [9.17, 15) is 14.4 Å². The van der Waals surface area contributed by atoms with E-state index in [4.69, 9.17) is 9.47 Å². The predicted molar refractivity (Wildman–Crippen MR) is 135 cm³/mol. The Balaban J connectivity index is 1.65. The molecule has 0 saturated carbocycles. The smallest absolute Gasteiger partial charge is 0.350 e. The van der Waals surface area contributed by atoms with Crippen molar-refractivity contribution >= 4 is 34.3 Å². The molecule has 0 aliphatic rings. The van der Waals surface area contributed by atoms with Crippen LogP contribution in [0.4, 0.5) is 5.13 Å². The number of aromatic nitrogens is 1. The molecule has 8 nitrogen and oxygen atoms in total. The normalized spacial score (nSPS) is 10.5. The van der Waals surface area contributed by atoms with Crippen molar-refractivity contribution < 1.29 is 23.9 Å². The summed E-state index contributed by atoms with van der Waals surface area (Å²) in [5.74, 6) is -0.121. The molecule has 0 aliphatic carbocycles. The van der Waals surface area contributed by atoms with Crippen LogP contribution in [-0.2, 0) is 16.1 Å². The second-order valence-electron chi connectivity index (χ2n) is 7.68. The van der Waals surface area contributed by atoms with E-state index in [0.717, 1.165) is 16.9 Å². The molecule has 0 saturated heterocycles. The highest BCUT2D eigenvalue weighted by molar-refractivity contribution is 7.17. The van der Waals surface area contributed by atoms with Crippen molar-refractivity contribution in [2.24, 2.45) is 0 Å². The van der Waals surface area contributed by atoms with Gasteiger partial charge < -0.3 is 14.8 Å². The standard InChI is InChI=1S/C26H29N3O5S/c1-4-34-25(32)23-18(2)28-26(35-23)29(17-19-9-6-5-7-10-19)22(30)11-8-16-27-24(31)20-12-14-21(33-3)15-13-20/h5-7,9-10,12-15H,4,8,11,16-17H2,1-3H3,(H,27,31). The Morgan fingerprint density at radius 1 is 1.06 bits per heavy atom. The Morgan fingerprint density at radius 2 is 1.77 bits per heavy atom. The van der Waals surface area contributed by atoms with Crippen molar-refractivity contribution in [3.63, 3.8) is 0 Å². The Kier molecular flexibility index (Phi) is 9.37. The fourth-order valence-electron chi connectivity index (χ4n) is 3.33. The number of esters is 1. The molecule has 184 valence electrons. The molecule has 0 atom stereocenters. The Labute approximate surface area is 208 Å². The molecule has 0 aliphatic heterocycles. The van der Waals surface area contributed by atoms with Crippen molar-refractivity contribution in [1.82, 2.24) is 10.3 Å². The first-order valence-corrected chi connectivity index (χ1v) is 12.2. The lowest BCUT2D eigenvalue weighted by molar-refractivity contribution is -0.118. The number of carbonyl (C=O) groups is 3. The molecular formula is C26H29N3O5S. The summed E-state index contributed by atoms with van der Waals surface area (Å²) in [6.45, 7) is 4.41. The molecule has 0 bridgehead atoms. The number of nitrogens with one attached hydrogen (secondary N) is 1. The van der Waals surface area contributed by atoms with E-state index in [1.54, 1.807) is 50.1 Å². The van der Waals surface area contributed by atoms with Crippen molar-refractivity contribution in [2.75, 3.05) is 25.2 Å². The van der Waals surface area contributed by atoms with E-state index in [0.29, 0.717) is 46.5 Å². The largest absolute Gasteiger partial charge is 0.497 e. The molecule has 0 unspecified atom stereocenters. The number of anilines is 1. The highest BCUT2D eigenvalue weighted by Crippen LogP contribution is 2.29. The van der Waals surface area contributed by atoms with Gasteiger partial charge in [0.1, 0.15) is 10.6 Å². The molecule has 0 fully saturated rings. The molecule has 9 heteroatoms. The minimum atomic E-state index is -0.442. The van der Waals surface area contributed by atoms with E-state index in [1.807, 2.05) is 30.3 Å². The average Bonchev–Trinajstić information content (AvgIpc) is 3.27. The summed E-state index contributed by atoms with van der Waals surface area (Å²) in [5, 5.41) is 3.28. The topological polar surface area (TPSA) is 97.8 Å². The summed E-state index contributed by atoms with van der Waals surface area (Å²) in [4.78, 5) is 44.3. The number of hydrogen-bond donors (Lipinski definition) is 1. The van der Waals surface area contributed by atoms with Gasteiger partial charge in [-0.05, 0) is 50.1 Å². The lowest BCUT2D eigenvalue weighted by Gasteiger charge is -2.20. The van der Waals surface area contributed by atoms with Crippen molar-refractivity contribution in [2.45, 2.75) is 33.2 Å². The summed E-state index contributed by atoms with van der Waals surface area (Å²) in [5.41, 5.74) is 1.99. The third kappa shape index (κ3) is 7.13. The minimum absolute atomic E-state index is 0.142. The number of hydrogen-bond acceptors (Lipinski definition) is 7. The van der Waals surface area contributed by atoms with Gasteiger partial charge in [-0.2, -0.15) is 0 Å². The monoisotopic (exact) mass is 495 g/mol. The van der Waals surface area contributed by atoms with Crippen LogP contribution in [-0.4, -0.2) is 43.0 Å². The number of thiazole rings is 1. The van der Waals surface area contributed by atoms with Crippen LogP contribution in [0.5, 0.6) is 5.75 Å². The van der Waals surface area contributed by atoms with Gasteiger partial charge >= 0.3 is 5.97 Å². The van der Waals surface area contributed by atoms with Gasteiger partial charge in [-0.3, -0.25) is 14.5 Å². The maximum atomic E-state index is 13.2. The van der Waals surface area contributed by atoms with Gasteiger partial charge in [0.25, 0.3) is 5.91 Å². The molecule has 3 rings (SSSR count). The molecule has 1 aromatic heterocycles. The number of methoxy groups -OCH3 is 1. The number of amides is 2. The minimum Gasteiger partial charge on any atom is -0.497 e. The Morgan fingerprint density at radius 3 is 2.43 bits per heavy atom. The third-order valence-electron chi connectivity index (χ3n) is 5.17. The summed E-state index contributed by atoms with van der Waals surface area (Å²) in [7, 11) is 1.57. The lowest BCUT2D eigenvalue weighted by Crippen LogP contribution is -2.31. The second-order valence-corrected chi connectivity index (χ2v) is 8.66. The molecule has 0 radical (unpaired) electrons. The zero-order chi connectivity index (χ0) is 25.2. The van der Waals surface area contributed by atoms with Crippen LogP contribution in [0.25, 0.3) is 0 Å². The summed E-state index contributed by atoms with van der Waals surface area (Å²) in [6, 6.07) is 16.4. The van der Waals surface area contributed by atoms with Gasteiger partial charge in [0.2, 0.25) is 5.91 Å². The molecule has 1 N–H and O–H groups in total. The van der Waals surface area contributed by atoms with E-state index < -0.39 is 5.97 Å². The second kappa shape index (κ2) is 12.7. The molecule has 1 heterocycles. The van der Waals surface area contributed by atoms with Crippen molar-refractivity contribution in [3.05, 3.63) is 76.3 Å². The number of ether oxygens (including phenoxy) is 2. The fourth-order valence-corrected chi connectivity index (χ4v) is 4.31. The Bertz CT molecular complexity index is 1150. The predicted octanol–water partition coefficient (Wildman–Crippen LogP) is 4.38. The molecular weight excluding hydrogens is 466 g/mol. The first-order valence-electron chi connectivity index (χ1n) is 11.3. The number of carbonyl (C=O) groups excluding carboxylic acids is 3. The van der Waals surface area contributed by atoms with E-state index in [2.05, 4.69) is 10.3 Å². The molecule has 3 aromatic rings. The summed E-state index contributed by atoms with van der Waals surface area (Å²) < 4.78 is 10.2. The fraction of sp³-hybridized carbons (Fsp3) is 0.308. The van der Waals surface area contributed by atoms with Crippen LogP contribution < -0.4 is 15.0 Å². The van der Waals surface area contributed by atoms with Gasteiger partial charge in [0.15, 0.2) is 5.13 Å². The van der Waals surface area contributed by atoms with Gasteiger partial charge in [-0.15, -0.1) is 0 Å². The van der Waals surface area contributed by atoms with Crippen LogP contribution in [0.2, 0.25) is 0 Å². The summed E-state index contributed by atoms with van der Waals surface area (Å²) in [6.07, 6.45) is 0.671. The van der Waals surface area contributed by atoms with Crippen LogP contribution in [0.15, 0.2) is 54.6 Å². The molecule has 2 amide bonds. The zero-order valence-corrected chi connectivity index (χ0v) is 20.9.